The molecule has 2 N–H and O–H groups in total. The van der Waals surface area contributed by atoms with Gasteiger partial charge in [-0.05, 0) is 11.6 Å². The molecule has 10 heteroatoms. The summed E-state index contributed by atoms with van der Waals surface area (Å²) < 4.78 is 4.73. The van der Waals surface area contributed by atoms with E-state index in [1.54, 1.807) is 24.3 Å². The van der Waals surface area contributed by atoms with E-state index in [2.05, 4.69) is 5.32 Å². The van der Waals surface area contributed by atoms with Crippen LogP contribution in [-0.4, -0.2) is 29.4 Å². The van der Waals surface area contributed by atoms with Crippen LogP contribution in [0.1, 0.15) is 15.9 Å². The average molecular weight is 392 g/mol. The van der Waals surface area contributed by atoms with Crippen LogP contribution in [0.3, 0.4) is 0 Å². The highest BCUT2D eigenvalue weighted by molar-refractivity contribution is 6.33. The third-order valence-corrected chi connectivity index (χ3v) is 3.59. The van der Waals surface area contributed by atoms with Crippen LogP contribution >= 0.6 is 11.6 Å². The van der Waals surface area contributed by atoms with Crippen molar-refractivity contribution in [1.29, 1.82) is 0 Å². The van der Waals surface area contributed by atoms with Gasteiger partial charge >= 0.3 is 12.0 Å². The maximum atomic E-state index is 11.9. The number of carbonyl (C=O) groups excluding carboxylic acids is 3. The number of esters is 1. The Kier molecular flexibility index (Phi) is 6.84. The molecule has 0 aromatic heterocycles. The Labute approximate surface area is 158 Å². The van der Waals surface area contributed by atoms with Crippen molar-refractivity contribution in [2.75, 3.05) is 6.61 Å². The number of carbonyl (C=O) groups is 3. The van der Waals surface area contributed by atoms with Crippen molar-refractivity contribution < 1.29 is 24.0 Å². The van der Waals surface area contributed by atoms with Gasteiger partial charge < -0.3 is 10.1 Å². The van der Waals surface area contributed by atoms with E-state index < -0.39 is 29.4 Å². The zero-order chi connectivity index (χ0) is 19.8. The van der Waals surface area contributed by atoms with Gasteiger partial charge in [-0.25, -0.2) is 9.59 Å². The second-order valence-electron chi connectivity index (χ2n) is 5.21. The second kappa shape index (κ2) is 9.30. The van der Waals surface area contributed by atoms with Crippen molar-refractivity contribution >= 4 is 35.2 Å². The Morgan fingerprint density at radius 3 is 2.48 bits per heavy atom. The number of nitro groups is 1. The summed E-state index contributed by atoms with van der Waals surface area (Å²) in [6, 6.07) is 11.5. The minimum atomic E-state index is -1.02. The van der Waals surface area contributed by atoms with Crippen LogP contribution in [-0.2, 0) is 16.1 Å². The number of nitrogens with zero attached hydrogens (tertiary/aromatic N) is 1. The largest absolute Gasteiger partial charge is 0.452 e. The smallest absolute Gasteiger partial charge is 0.340 e. The first-order chi connectivity index (χ1) is 12.9. The zero-order valence-electron chi connectivity index (χ0n) is 13.8. The Morgan fingerprint density at radius 1 is 1.11 bits per heavy atom. The third kappa shape index (κ3) is 6.08. The van der Waals surface area contributed by atoms with Crippen LogP contribution in [0.25, 0.3) is 0 Å². The van der Waals surface area contributed by atoms with Gasteiger partial charge in [0.05, 0.1) is 15.5 Å². The van der Waals surface area contributed by atoms with Crippen LogP contribution in [0.5, 0.6) is 0 Å². The lowest BCUT2D eigenvalue weighted by Crippen LogP contribution is -2.41. The molecule has 0 saturated heterocycles. The van der Waals surface area contributed by atoms with Gasteiger partial charge in [-0.3, -0.25) is 20.2 Å². The highest BCUT2D eigenvalue weighted by Crippen LogP contribution is 2.22. The van der Waals surface area contributed by atoms with E-state index in [1.165, 1.54) is 6.07 Å². The van der Waals surface area contributed by atoms with Crippen molar-refractivity contribution in [2.45, 2.75) is 6.54 Å². The number of urea groups is 1. The summed E-state index contributed by atoms with van der Waals surface area (Å²) in [5.74, 6) is -1.89. The van der Waals surface area contributed by atoms with Crippen molar-refractivity contribution in [3.8, 4) is 0 Å². The molecule has 9 nitrogen and oxygen atoms in total. The molecule has 27 heavy (non-hydrogen) atoms. The number of hydrogen-bond donors (Lipinski definition) is 2. The normalized spacial score (nSPS) is 9.96. The molecule has 0 aliphatic rings. The molecule has 0 heterocycles. The first-order valence-corrected chi connectivity index (χ1v) is 7.97. The number of nitro benzene ring substituents is 1. The Balaban J connectivity index is 1.82. The van der Waals surface area contributed by atoms with Gasteiger partial charge in [0.2, 0.25) is 0 Å². The van der Waals surface area contributed by atoms with Gasteiger partial charge in [-0.2, -0.15) is 0 Å². The standard InChI is InChI=1S/C17H14ClN3O6/c18-14-7-6-12(21(25)26)8-13(14)16(23)27-10-15(22)20-17(24)19-9-11-4-2-1-3-5-11/h1-8H,9-10H2,(H2,19,20,22,24). The van der Waals surface area contributed by atoms with E-state index in [-0.39, 0.29) is 22.8 Å². The summed E-state index contributed by atoms with van der Waals surface area (Å²) in [6.07, 6.45) is 0. The molecule has 3 amide bonds. The van der Waals surface area contributed by atoms with E-state index in [1.807, 2.05) is 11.4 Å². The minimum absolute atomic E-state index is 0.0633. The SMILES string of the molecule is O=C(COC(=O)c1cc([N+](=O)[O-])ccc1Cl)NC(=O)NCc1ccccc1. The zero-order valence-corrected chi connectivity index (χ0v) is 14.6. The predicted octanol–water partition coefficient (Wildman–Crippen LogP) is 2.43. The number of amides is 3. The van der Waals surface area contributed by atoms with Crippen LogP contribution in [0.2, 0.25) is 5.02 Å². The average Bonchev–Trinajstić information content (AvgIpc) is 2.65. The fourth-order valence-corrected chi connectivity index (χ4v) is 2.17. The maximum absolute atomic E-state index is 11.9. The number of imide groups is 1. The van der Waals surface area contributed by atoms with Gasteiger partial charge in [0.1, 0.15) is 0 Å². The summed E-state index contributed by atoms with van der Waals surface area (Å²) in [7, 11) is 0. The van der Waals surface area contributed by atoms with Gasteiger partial charge in [-0.15, -0.1) is 0 Å². The van der Waals surface area contributed by atoms with Crippen molar-refractivity contribution in [2.24, 2.45) is 0 Å². The Morgan fingerprint density at radius 2 is 1.81 bits per heavy atom. The lowest BCUT2D eigenvalue weighted by Gasteiger charge is -2.08. The molecule has 0 saturated carbocycles. The molecule has 0 radical (unpaired) electrons. The summed E-state index contributed by atoms with van der Waals surface area (Å²) in [5.41, 5.74) is 0.232. The van der Waals surface area contributed by atoms with Gasteiger partial charge in [-0.1, -0.05) is 41.9 Å². The first-order valence-electron chi connectivity index (χ1n) is 7.59. The van der Waals surface area contributed by atoms with E-state index in [0.29, 0.717) is 0 Å². The Hall–Kier alpha value is -3.46. The third-order valence-electron chi connectivity index (χ3n) is 3.26. The molecule has 0 spiro atoms. The van der Waals surface area contributed by atoms with Crippen LogP contribution in [0, 0.1) is 10.1 Å². The fraction of sp³-hybridized carbons (Fsp3) is 0.118. The number of non-ortho nitro benzene ring substituents is 1. The second-order valence-corrected chi connectivity index (χ2v) is 5.62. The number of nitrogens with one attached hydrogen (secondary N) is 2. The molecule has 0 aliphatic heterocycles. The van der Waals surface area contributed by atoms with Crippen LogP contribution < -0.4 is 10.6 Å². The molecule has 0 atom stereocenters. The summed E-state index contributed by atoms with van der Waals surface area (Å²) >= 11 is 5.81. The van der Waals surface area contributed by atoms with Crippen LogP contribution in [0.4, 0.5) is 10.5 Å². The summed E-state index contributed by atoms with van der Waals surface area (Å²) in [4.78, 5) is 45.3. The molecule has 2 aromatic carbocycles. The number of ether oxygens (including phenoxy) is 1. The first kappa shape index (κ1) is 19.9. The monoisotopic (exact) mass is 391 g/mol. The van der Waals surface area contributed by atoms with E-state index in [9.17, 15) is 24.5 Å². The summed E-state index contributed by atoms with van der Waals surface area (Å²) in [5, 5.41) is 15.1. The lowest BCUT2D eigenvalue weighted by molar-refractivity contribution is -0.384. The number of hydrogen-bond acceptors (Lipinski definition) is 6. The molecule has 140 valence electrons. The maximum Gasteiger partial charge on any atom is 0.340 e. The lowest BCUT2D eigenvalue weighted by atomic mass is 10.2. The summed E-state index contributed by atoms with van der Waals surface area (Å²) in [6.45, 7) is -0.542. The fourth-order valence-electron chi connectivity index (χ4n) is 1.98. The van der Waals surface area contributed by atoms with Gasteiger partial charge in [0.15, 0.2) is 6.61 Å². The number of benzene rings is 2. The molecule has 0 unspecified atom stereocenters. The Bertz CT molecular complexity index is 872. The molecule has 2 rings (SSSR count). The molecule has 0 bridgehead atoms. The number of rotatable bonds is 6. The van der Waals surface area contributed by atoms with Crippen LogP contribution in [0.15, 0.2) is 48.5 Å². The van der Waals surface area contributed by atoms with Crippen molar-refractivity contribution in [3.05, 3.63) is 74.8 Å². The van der Waals surface area contributed by atoms with Gasteiger partial charge in [0.25, 0.3) is 11.6 Å². The highest BCUT2D eigenvalue weighted by atomic mass is 35.5. The highest BCUT2D eigenvalue weighted by Gasteiger charge is 2.18. The quantitative estimate of drug-likeness (QED) is 0.442. The van der Waals surface area contributed by atoms with Crippen molar-refractivity contribution in [3.63, 3.8) is 0 Å². The number of halogens is 1. The molecule has 0 aliphatic carbocycles. The minimum Gasteiger partial charge on any atom is -0.452 e. The molecular weight excluding hydrogens is 378 g/mol. The predicted molar refractivity (Wildman–Crippen MR) is 95.2 cm³/mol. The van der Waals surface area contributed by atoms with E-state index in [0.717, 1.165) is 17.7 Å². The van der Waals surface area contributed by atoms with E-state index >= 15 is 0 Å². The van der Waals surface area contributed by atoms with Crippen molar-refractivity contribution in [1.82, 2.24) is 10.6 Å². The molecule has 0 fully saturated rings. The topological polar surface area (TPSA) is 128 Å². The van der Waals surface area contributed by atoms with Gasteiger partial charge in [0, 0.05) is 18.7 Å². The van der Waals surface area contributed by atoms with E-state index in [4.69, 9.17) is 16.3 Å². The molecular formula is C17H14ClN3O6. The molecule has 2 aromatic rings.